The minimum absolute atomic E-state index is 0.0737. The molecule has 1 aliphatic rings. The van der Waals surface area contributed by atoms with E-state index in [9.17, 15) is 14.4 Å². The number of hydrogen-bond acceptors (Lipinski definition) is 5. The SMILES string of the molecule is C=CC(C1=CC(=O)C(OC)=CC1=O)c1ccccc1.CC(C)OC(=O)Nc1cccc(Cl)c1. The zero-order chi connectivity index (χ0) is 24.4. The Labute approximate surface area is 198 Å². The Balaban J connectivity index is 0.000000245. The van der Waals surface area contributed by atoms with Crippen molar-refractivity contribution in [3.8, 4) is 0 Å². The lowest BCUT2D eigenvalue weighted by atomic mass is 9.85. The van der Waals surface area contributed by atoms with E-state index in [1.54, 1.807) is 44.2 Å². The summed E-state index contributed by atoms with van der Waals surface area (Å²) in [5.74, 6) is -0.720. The van der Waals surface area contributed by atoms with Crippen LogP contribution in [0.5, 0.6) is 0 Å². The number of amides is 1. The summed E-state index contributed by atoms with van der Waals surface area (Å²) >= 11 is 5.74. The fourth-order valence-electron chi connectivity index (χ4n) is 2.99. The van der Waals surface area contributed by atoms with Gasteiger partial charge in [0.25, 0.3) is 0 Å². The molecule has 0 spiro atoms. The fraction of sp³-hybridized carbons (Fsp3) is 0.192. The molecule has 0 fully saturated rings. The lowest BCUT2D eigenvalue weighted by molar-refractivity contribution is -0.117. The summed E-state index contributed by atoms with van der Waals surface area (Å²) in [7, 11) is 1.37. The van der Waals surface area contributed by atoms with Crippen LogP contribution in [-0.4, -0.2) is 30.9 Å². The highest BCUT2D eigenvalue weighted by Crippen LogP contribution is 2.29. The second-order valence-corrected chi connectivity index (χ2v) is 7.69. The van der Waals surface area contributed by atoms with Crippen molar-refractivity contribution in [1.82, 2.24) is 0 Å². The number of ether oxygens (including phenoxy) is 2. The lowest BCUT2D eigenvalue weighted by Gasteiger charge is -2.18. The molecule has 0 aromatic heterocycles. The summed E-state index contributed by atoms with van der Waals surface area (Å²) in [6.07, 6.45) is 3.63. The molecule has 1 amide bonds. The zero-order valence-corrected chi connectivity index (χ0v) is 19.5. The van der Waals surface area contributed by atoms with E-state index >= 15 is 0 Å². The lowest BCUT2D eigenvalue weighted by Crippen LogP contribution is -2.18. The second kappa shape index (κ2) is 12.4. The van der Waals surface area contributed by atoms with Gasteiger partial charge in [0.1, 0.15) is 0 Å². The normalized spacial score (nSPS) is 13.7. The van der Waals surface area contributed by atoms with E-state index in [4.69, 9.17) is 21.1 Å². The molecule has 172 valence electrons. The Morgan fingerprint density at radius 1 is 1.03 bits per heavy atom. The van der Waals surface area contributed by atoms with Gasteiger partial charge in [0.15, 0.2) is 11.5 Å². The minimum atomic E-state index is -0.470. The van der Waals surface area contributed by atoms with Gasteiger partial charge in [0, 0.05) is 28.3 Å². The molecule has 0 heterocycles. The molecule has 0 bridgehead atoms. The number of anilines is 1. The van der Waals surface area contributed by atoms with E-state index in [0.29, 0.717) is 16.3 Å². The molecule has 7 heteroatoms. The number of rotatable bonds is 6. The second-order valence-electron chi connectivity index (χ2n) is 7.25. The average Bonchev–Trinajstić information content (AvgIpc) is 2.77. The minimum Gasteiger partial charge on any atom is -0.493 e. The molecule has 0 aliphatic heterocycles. The first-order chi connectivity index (χ1) is 15.7. The summed E-state index contributed by atoms with van der Waals surface area (Å²) in [6, 6.07) is 16.4. The van der Waals surface area contributed by atoms with Gasteiger partial charge >= 0.3 is 6.09 Å². The van der Waals surface area contributed by atoms with Crippen molar-refractivity contribution in [3.63, 3.8) is 0 Å². The van der Waals surface area contributed by atoms with Crippen molar-refractivity contribution in [2.24, 2.45) is 0 Å². The number of hydrogen-bond donors (Lipinski definition) is 1. The molecule has 1 aliphatic carbocycles. The largest absolute Gasteiger partial charge is 0.493 e. The predicted molar refractivity (Wildman–Crippen MR) is 129 cm³/mol. The zero-order valence-electron chi connectivity index (χ0n) is 18.7. The van der Waals surface area contributed by atoms with E-state index in [2.05, 4.69) is 11.9 Å². The Morgan fingerprint density at radius 2 is 1.73 bits per heavy atom. The first kappa shape index (κ1) is 25.6. The number of allylic oxidation sites excluding steroid dienone is 4. The van der Waals surface area contributed by atoms with Gasteiger partial charge < -0.3 is 9.47 Å². The summed E-state index contributed by atoms with van der Waals surface area (Å²) in [4.78, 5) is 35.0. The van der Waals surface area contributed by atoms with Gasteiger partial charge in [0.2, 0.25) is 5.78 Å². The van der Waals surface area contributed by atoms with Crippen LogP contribution < -0.4 is 5.32 Å². The molecule has 6 nitrogen and oxygen atoms in total. The van der Waals surface area contributed by atoms with Crippen LogP contribution in [0.15, 0.2) is 90.7 Å². The van der Waals surface area contributed by atoms with Gasteiger partial charge in [-0.3, -0.25) is 14.9 Å². The predicted octanol–water partition coefficient (Wildman–Crippen LogP) is 5.86. The third-order valence-corrected chi connectivity index (χ3v) is 4.67. The van der Waals surface area contributed by atoms with Crippen molar-refractivity contribution in [2.45, 2.75) is 25.9 Å². The quantitative estimate of drug-likeness (QED) is 0.425. The maximum Gasteiger partial charge on any atom is 0.411 e. The summed E-state index contributed by atoms with van der Waals surface area (Å²) in [5.41, 5.74) is 1.98. The maximum absolute atomic E-state index is 12.1. The van der Waals surface area contributed by atoms with Gasteiger partial charge in [-0.25, -0.2) is 4.79 Å². The Bertz CT molecular complexity index is 1070. The molecule has 0 saturated heterocycles. The first-order valence-electron chi connectivity index (χ1n) is 10.2. The number of methoxy groups -OCH3 is 1. The number of halogens is 1. The van der Waals surface area contributed by atoms with Crippen molar-refractivity contribution in [2.75, 3.05) is 12.4 Å². The van der Waals surface area contributed by atoms with Crippen LogP contribution in [0.2, 0.25) is 5.02 Å². The van der Waals surface area contributed by atoms with Crippen LogP contribution in [-0.2, 0) is 19.1 Å². The first-order valence-corrected chi connectivity index (χ1v) is 10.6. The van der Waals surface area contributed by atoms with E-state index in [-0.39, 0.29) is 29.3 Å². The van der Waals surface area contributed by atoms with Gasteiger partial charge in [-0.1, -0.05) is 54.1 Å². The Kier molecular flexibility index (Phi) is 9.63. The van der Waals surface area contributed by atoms with Crippen molar-refractivity contribution >= 4 is 34.9 Å². The van der Waals surface area contributed by atoms with Crippen LogP contribution >= 0.6 is 11.6 Å². The highest BCUT2D eigenvalue weighted by Gasteiger charge is 2.26. The summed E-state index contributed by atoms with van der Waals surface area (Å²) in [6.45, 7) is 7.33. The van der Waals surface area contributed by atoms with Crippen LogP contribution in [0, 0.1) is 0 Å². The van der Waals surface area contributed by atoms with Crippen LogP contribution in [0.25, 0.3) is 0 Å². The van der Waals surface area contributed by atoms with Crippen LogP contribution in [0.4, 0.5) is 10.5 Å². The molecule has 2 aromatic rings. The van der Waals surface area contributed by atoms with Crippen molar-refractivity contribution in [1.29, 1.82) is 0 Å². The topological polar surface area (TPSA) is 81.7 Å². The highest BCUT2D eigenvalue weighted by atomic mass is 35.5. The molecular formula is C26H26ClNO5. The Hall–Kier alpha value is -3.64. The molecule has 1 unspecified atom stereocenters. The molecule has 1 N–H and O–H groups in total. The summed E-state index contributed by atoms with van der Waals surface area (Å²) in [5, 5.41) is 3.14. The molecule has 33 heavy (non-hydrogen) atoms. The van der Waals surface area contributed by atoms with Crippen LogP contribution in [0.3, 0.4) is 0 Å². The van der Waals surface area contributed by atoms with Gasteiger partial charge in [-0.05, 0) is 43.7 Å². The van der Waals surface area contributed by atoms with E-state index in [0.717, 1.165) is 5.56 Å². The third-order valence-electron chi connectivity index (χ3n) is 4.44. The standard InChI is InChI=1S/C16H14O3.C10H12ClNO2/c1-3-12(11-7-5-4-6-8-11)13-9-15(18)16(19-2)10-14(13)17;1-7(2)14-10(13)12-9-5-3-4-8(11)6-9/h3-10,12H,1H2,2H3;3-7H,1-2H3,(H,12,13). The maximum atomic E-state index is 12.1. The van der Waals surface area contributed by atoms with Gasteiger partial charge in [-0.15, -0.1) is 6.58 Å². The molecule has 1 atom stereocenters. The number of ketones is 2. The number of carbonyl (C=O) groups excluding carboxylic acids is 3. The monoisotopic (exact) mass is 467 g/mol. The molecule has 3 rings (SSSR count). The van der Waals surface area contributed by atoms with Gasteiger partial charge in [0.05, 0.1) is 13.2 Å². The molecule has 2 aromatic carbocycles. The van der Waals surface area contributed by atoms with E-state index in [1.165, 1.54) is 19.3 Å². The van der Waals surface area contributed by atoms with Crippen molar-refractivity contribution < 1.29 is 23.9 Å². The van der Waals surface area contributed by atoms with E-state index < -0.39 is 6.09 Å². The molecule has 0 saturated carbocycles. The smallest absolute Gasteiger partial charge is 0.411 e. The van der Waals surface area contributed by atoms with E-state index in [1.807, 2.05) is 30.3 Å². The van der Waals surface area contributed by atoms with Crippen LogP contribution in [0.1, 0.15) is 25.3 Å². The number of nitrogens with one attached hydrogen (secondary N) is 1. The fourth-order valence-corrected chi connectivity index (χ4v) is 3.18. The molecule has 0 radical (unpaired) electrons. The Morgan fingerprint density at radius 3 is 2.30 bits per heavy atom. The average molecular weight is 468 g/mol. The molecular weight excluding hydrogens is 442 g/mol. The highest BCUT2D eigenvalue weighted by molar-refractivity contribution is 6.30. The third kappa shape index (κ3) is 7.77. The summed E-state index contributed by atoms with van der Waals surface area (Å²) < 4.78 is 9.76. The number of carbonyl (C=O) groups is 3. The number of benzene rings is 2. The van der Waals surface area contributed by atoms with Crippen molar-refractivity contribution in [3.05, 3.63) is 101 Å². The van der Waals surface area contributed by atoms with Gasteiger partial charge in [-0.2, -0.15) is 0 Å².